The fraction of sp³-hybridized carbons (Fsp3) is 0.526. The van der Waals surface area contributed by atoms with Crippen molar-refractivity contribution in [2.75, 3.05) is 13.2 Å². The number of nitrogens with one attached hydrogen (secondary N) is 1. The number of benzene rings is 1. The van der Waals surface area contributed by atoms with E-state index in [4.69, 9.17) is 4.74 Å². The van der Waals surface area contributed by atoms with Crippen LogP contribution in [-0.4, -0.2) is 30.2 Å². The van der Waals surface area contributed by atoms with E-state index < -0.39 is 0 Å². The SMILES string of the molecule is CCCN1NC(C2CC2)=C(C(=O)OCC)C1Cc1ccc(Br)cc1. The second-order valence-electron chi connectivity index (χ2n) is 6.47. The Morgan fingerprint density at radius 2 is 2.00 bits per heavy atom. The van der Waals surface area contributed by atoms with Gasteiger partial charge >= 0.3 is 5.97 Å². The molecule has 3 rings (SSSR count). The molecule has 5 heteroatoms. The van der Waals surface area contributed by atoms with E-state index in [1.165, 1.54) is 5.56 Å². The summed E-state index contributed by atoms with van der Waals surface area (Å²) in [5, 5.41) is 2.22. The summed E-state index contributed by atoms with van der Waals surface area (Å²) >= 11 is 3.48. The summed E-state index contributed by atoms with van der Waals surface area (Å²) in [4.78, 5) is 12.6. The molecule has 0 amide bonds. The average Bonchev–Trinajstić information content (AvgIpc) is 3.34. The number of hydrogen-bond acceptors (Lipinski definition) is 4. The van der Waals surface area contributed by atoms with E-state index in [1.54, 1.807) is 0 Å². The van der Waals surface area contributed by atoms with E-state index in [0.717, 1.165) is 48.0 Å². The van der Waals surface area contributed by atoms with Crippen LogP contribution in [0.4, 0.5) is 0 Å². The van der Waals surface area contributed by atoms with Gasteiger partial charge in [-0.15, -0.1) is 0 Å². The van der Waals surface area contributed by atoms with Crippen LogP contribution in [-0.2, 0) is 16.0 Å². The summed E-state index contributed by atoms with van der Waals surface area (Å²) in [6.07, 6.45) is 4.18. The molecule has 0 radical (unpaired) electrons. The molecule has 1 aromatic carbocycles. The number of nitrogens with zero attached hydrogens (tertiary/aromatic N) is 1. The fourth-order valence-electron chi connectivity index (χ4n) is 3.27. The molecule has 0 saturated heterocycles. The van der Waals surface area contributed by atoms with E-state index >= 15 is 0 Å². The summed E-state index contributed by atoms with van der Waals surface area (Å²) in [6, 6.07) is 8.38. The van der Waals surface area contributed by atoms with Crippen LogP contribution in [0.1, 0.15) is 38.7 Å². The van der Waals surface area contributed by atoms with Gasteiger partial charge in [0.15, 0.2) is 0 Å². The monoisotopic (exact) mass is 392 g/mol. The summed E-state index contributed by atoms with van der Waals surface area (Å²) < 4.78 is 6.45. The maximum absolute atomic E-state index is 12.6. The van der Waals surface area contributed by atoms with Crippen LogP contribution in [0.3, 0.4) is 0 Å². The Morgan fingerprint density at radius 3 is 2.58 bits per heavy atom. The number of halogens is 1. The van der Waals surface area contributed by atoms with Crippen molar-refractivity contribution in [3.8, 4) is 0 Å². The lowest BCUT2D eigenvalue weighted by molar-refractivity contribution is -0.139. The van der Waals surface area contributed by atoms with Gasteiger partial charge in [-0.2, -0.15) is 0 Å². The molecule has 0 spiro atoms. The Balaban J connectivity index is 1.89. The number of carbonyl (C=O) groups is 1. The molecule has 1 aliphatic carbocycles. The van der Waals surface area contributed by atoms with E-state index in [2.05, 4.69) is 57.6 Å². The second-order valence-corrected chi connectivity index (χ2v) is 7.39. The van der Waals surface area contributed by atoms with Crippen LogP contribution in [0, 0.1) is 5.92 Å². The van der Waals surface area contributed by atoms with Gasteiger partial charge in [0.05, 0.1) is 18.2 Å². The molecule has 1 saturated carbocycles. The number of allylic oxidation sites excluding steroid dienone is 1. The van der Waals surface area contributed by atoms with Crippen LogP contribution in [0.15, 0.2) is 40.0 Å². The van der Waals surface area contributed by atoms with Crippen LogP contribution >= 0.6 is 15.9 Å². The first-order chi connectivity index (χ1) is 11.6. The number of hydrogen-bond donors (Lipinski definition) is 1. The highest BCUT2D eigenvalue weighted by Gasteiger charge is 2.42. The molecule has 1 aromatic rings. The Kier molecular flexibility index (Phi) is 5.61. The Bertz CT molecular complexity index is 623. The number of hydrazine groups is 1. The van der Waals surface area contributed by atoms with Gasteiger partial charge in [-0.1, -0.05) is 35.0 Å². The smallest absolute Gasteiger partial charge is 0.337 e. The molecule has 1 aliphatic heterocycles. The van der Waals surface area contributed by atoms with Gasteiger partial charge in [-0.3, -0.25) is 0 Å². The molecule has 1 atom stereocenters. The maximum Gasteiger partial charge on any atom is 0.337 e. The Morgan fingerprint density at radius 1 is 1.29 bits per heavy atom. The zero-order chi connectivity index (χ0) is 17.1. The number of ether oxygens (including phenoxy) is 1. The normalized spacial score (nSPS) is 21.0. The minimum atomic E-state index is -0.160. The minimum Gasteiger partial charge on any atom is -0.463 e. The quantitative estimate of drug-likeness (QED) is 0.716. The summed E-state index contributed by atoms with van der Waals surface area (Å²) in [6.45, 7) is 5.36. The maximum atomic E-state index is 12.6. The first-order valence-electron chi connectivity index (χ1n) is 8.83. The van der Waals surface area contributed by atoms with Crippen molar-refractivity contribution in [1.82, 2.24) is 10.4 Å². The van der Waals surface area contributed by atoms with Crippen LogP contribution in [0.25, 0.3) is 0 Å². The molecular formula is C19H25BrN2O2. The highest BCUT2D eigenvalue weighted by Crippen LogP contribution is 2.41. The van der Waals surface area contributed by atoms with Gasteiger partial charge in [-0.05, 0) is 50.3 Å². The Hall–Kier alpha value is -1.33. The van der Waals surface area contributed by atoms with Crippen molar-refractivity contribution in [2.24, 2.45) is 5.92 Å². The molecule has 1 unspecified atom stereocenters. The molecule has 0 bridgehead atoms. The number of carbonyl (C=O) groups excluding carboxylic acids is 1. The van der Waals surface area contributed by atoms with Gasteiger partial charge in [0.25, 0.3) is 0 Å². The van der Waals surface area contributed by atoms with Crippen LogP contribution in [0.2, 0.25) is 0 Å². The van der Waals surface area contributed by atoms with Crippen molar-refractivity contribution in [1.29, 1.82) is 0 Å². The third-order valence-corrected chi connectivity index (χ3v) is 5.08. The van der Waals surface area contributed by atoms with E-state index in [1.807, 2.05) is 6.92 Å². The highest BCUT2D eigenvalue weighted by atomic mass is 79.9. The lowest BCUT2D eigenvalue weighted by atomic mass is 9.97. The lowest BCUT2D eigenvalue weighted by Gasteiger charge is -2.26. The molecule has 0 aromatic heterocycles. The fourth-order valence-corrected chi connectivity index (χ4v) is 3.54. The molecule has 4 nitrogen and oxygen atoms in total. The van der Waals surface area contributed by atoms with Gasteiger partial charge in [-0.25, -0.2) is 9.80 Å². The summed E-state index contributed by atoms with van der Waals surface area (Å²) in [5.74, 6) is 0.339. The van der Waals surface area contributed by atoms with Crippen molar-refractivity contribution in [2.45, 2.75) is 45.6 Å². The molecule has 1 heterocycles. The second kappa shape index (κ2) is 7.70. The standard InChI is InChI=1S/C19H25BrN2O2/c1-3-11-22-16(12-13-5-9-15(20)10-6-13)17(19(23)24-4-2)18(21-22)14-7-8-14/h5-6,9-10,14,16,21H,3-4,7-8,11-12H2,1-2H3. The van der Waals surface area contributed by atoms with Crippen molar-refractivity contribution in [3.63, 3.8) is 0 Å². The predicted molar refractivity (Wildman–Crippen MR) is 98.1 cm³/mol. The largest absolute Gasteiger partial charge is 0.463 e. The number of esters is 1. The highest BCUT2D eigenvalue weighted by molar-refractivity contribution is 9.10. The predicted octanol–water partition coefficient (Wildman–Crippen LogP) is 3.82. The van der Waals surface area contributed by atoms with E-state index in [-0.39, 0.29) is 12.0 Å². The van der Waals surface area contributed by atoms with Crippen molar-refractivity contribution >= 4 is 21.9 Å². The van der Waals surface area contributed by atoms with E-state index in [9.17, 15) is 4.79 Å². The zero-order valence-corrected chi connectivity index (χ0v) is 15.9. The third-order valence-electron chi connectivity index (χ3n) is 4.55. The lowest BCUT2D eigenvalue weighted by Crippen LogP contribution is -2.42. The van der Waals surface area contributed by atoms with Gasteiger partial charge in [0, 0.05) is 22.6 Å². The van der Waals surface area contributed by atoms with Gasteiger partial charge in [0.2, 0.25) is 0 Å². The molecule has 1 fully saturated rings. The van der Waals surface area contributed by atoms with Crippen molar-refractivity contribution < 1.29 is 9.53 Å². The molecule has 1 N–H and O–H groups in total. The van der Waals surface area contributed by atoms with Gasteiger partial charge in [0.1, 0.15) is 0 Å². The first-order valence-corrected chi connectivity index (χ1v) is 9.62. The average molecular weight is 393 g/mol. The molecular weight excluding hydrogens is 368 g/mol. The third kappa shape index (κ3) is 3.83. The molecule has 2 aliphatic rings. The minimum absolute atomic E-state index is 0.0424. The summed E-state index contributed by atoms with van der Waals surface area (Å²) in [5.41, 5.74) is 6.70. The first kappa shape index (κ1) is 17.5. The molecule has 130 valence electrons. The van der Waals surface area contributed by atoms with E-state index in [0.29, 0.717) is 12.5 Å². The molecule has 24 heavy (non-hydrogen) atoms. The Labute approximate surface area is 152 Å². The van der Waals surface area contributed by atoms with Crippen molar-refractivity contribution in [3.05, 3.63) is 45.6 Å². The number of rotatable bonds is 7. The topological polar surface area (TPSA) is 41.6 Å². The van der Waals surface area contributed by atoms with Crippen LogP contribution in [0.5, 0.6) is 0 Å². The van der Waals surface area contributed by atoms with Crippen LogP contribution < -0.4 is 5.43 Å². The zero-order valence-electron chi connectivity index (χ0n) is 14.3. The summed E-state index contributed by atoms with van der Waals surface area (Å²) in [7, 11) is 0. The van der Waals surface area contributed by atoms with Gasteiger partial charge < -0.3 is 10.2 Å².